The number of hydrogen-bond acceptors (Lipinski definition) is 6. The van der Waals surface area contributed by atoms with Crippen molar-refractivity contribution in [1.29, 1.82) is 0 Å². The molecule has 0 spiro atoms. The molecule has 1 saturated heterocycles. The summed E-state index contributed by atoms with van der Waals surface area (Å²) in [5, 5.41) is 0.641. The van der Waals surface area contributed by atoms with Gasteiger partial charge < -0.3 is 14.2 Å². The van der Waals surface area contributed by atoms with Crippen LogP contribution in [0.15, 0.2) is 84.9 Å². The van der Waals surface area contributed by atoms with Crippen LogP contribution in [0.4, 0.5) is 0 Å². The molecule has 200 valence electrons. The Bertz CT molecular complexity index is 1190. The van der Waals surface area contributed by atoms with Crippen molar-refractivity contribution >= 4 is 23.4 Å². The molecule has 0 aliphatic carbocycles. The molecule has 1 fully saturated rings. The van der Waals surface area contributed by atoms with Crippen molar-refractivity contribution in [3.05, 3.63) is 107 Å². The maximum Gasteiger partial charge on any atom is 0.303 e. The van der Waals surface area contributed by atoms with E-state index in [0.29, 0.717) is 31.3 Å². The van der Waals surface area contributed by atoms with Crippen LogP contribution in [-0.2, 0) is 43.6 Å². The van der Waals surface area contributed by atoms with E-state index < -0.39 is 24.3 Å². The van der Waals surface area contributed by atoms with Crippen LogP contribution in [0, 0.1) is 0 Å². The van der Waals surface area contributed by atoms with E-state index in [1.165, 1.54) is 6.92 Å². The molecule has 7 heteroatoms. The third-order valence-electron chi connectivity index (χ3n) is 6.67. The second-order valence-electron chi connectivity index (χ2n) is 9.66. The molecule has 1 aliphatic rings. The number of esters is 1. The van der Waals surface area contributed by atoms with Crippen molar-refractivity contribution in [3.8, 4) is 0 Å². The van der Waals surface area contributed by atoms with E-state index in [1.54, 1.807) is 6.92 Å². The maximum absolute atomic E-state index is 12.5. The van der Waals surface area contributed by atoms with Crippen LogP contribution in [0.25, 0.3) is 0 Å². The zero-order valence-corrected chi connectivity index (χ0v) is 22.6. The Morgan fingerprint density at radius 2 is 1.37 bits per heavy atom. The highest BCUT2D eigenvalue weighted by atomic mass is 35.5. The molecule has 4 rings (SSSR count). The summed E-state index contributed by atoms with van der Waals surface area (Å²) in [5.41, 5.74) is 2.93. The summed E-state index contributed by atoms with van der Waals surface area (Å²) in [4.78, 5) is 26.8. The van der Waals surface area contributed by atoms with Gasteiger partial charge in [-0.1, -0.05) is 90.5 Å². The lowest BCUT2D eigenvalue weighted by Gasteiger charge is -2.48. The average molecular weight is 536 g/mol. The number of piperidine rings is 1. The molecule has 1 unspecified atom stereocenters. The van der Waals surface area contributed by atoms with E-state index in [2.05, 4.69) is 4.90 Å². The van der Waals surface area contributed by atoms with Crippen LogP contribution in [0.3, 0.4) is 0 Å². The number of rotatable bonds is 11. The van der Waals surface area contributed by atoms with E-state index in [4.69, 9.17) is 25.8 Å². The van der Waals surface area contributed by atoms with E-state index in [0.717, 1.165) is 16.7 Å². The number of carbonyl (C=O) groups excluding carboxylic acids is 2. The predicted molar refractivity (Wildman–Crippen MR) is 147 cm³/mol. The lowest BCUT2D eigenvalue weighted by molar-refractivity contribution is -0.205. The monoisotopic (exact) mass is 535 g/mol. The second kappa shape index (κ2) is 13.7. The summed E-state index contributed by atoms with van der Waals surface area (Å²) in [5.74, 6) is -0.354. The van der Waals surface area contributed by atoms with Gasteiger partial charge in [0.05, 0.1) is 13.2 Å². The highest BCUT2D eigenvalue weighted by Gasteiger charge is 2.47. The summed E-state index contributed by atoms with van der Waals surface area (Å²) < 4.78 is 18.8. The van der Waals surface area contributed by atoms with Crippen LogP contribution >= 0.6 is 11.6 Å². The van der Waals surface area contributed by atoms with E-state index in [1.807, 2.05) is 84.9 Å². The molecule has 3 aromatic carbocycles. The van der Waals surface area contributed by atoms with Crippen molar-refractivity contribution in [2.75, 3.05) is 6.54 Å². The van der Waals surface area contributed by atoms with Crippen LogP contribution in [0.5, 0.6) is 0 Å². The zero-order chi connectivity index (χ0) is 26.9. The number of hydrogen-bond donors (Lipinski definition) is 0. The van der Waals surface area contributed by atoms with Gasteiger partial charge in [-0.15, -0.1) is 0 Å². The number of Topliss-reactive ketones (excluding diaryl/α,β-unsaturated/α-hetero) is 1. The van der Waals surface area contributed by atoms with Gasteiger partial charge in [0.1, 0.15) is 24.1 Å². The zero-order valence-electron chi connectivity index (χ0n) is 21.8. The molecular formula is C31H34ClNO5. The minimum absolute atomic E-state index is 0.0419. The lowest BCUT2D eigenvalue weighted by atomic mass is 9.89. The molecular weight excluding hydrogens is 502 g/mol. The third kappa shape index (κ3) is 7.74. The molecule has 4 atom stereocenters. The van der Waals surface area contributed by atoms with Gasteiger partial charge in [0.2, 0.25) is 0 Å². The Kier molecular flexibility index (Phi) is 10.1. The fourth-order valence-electron chi connectivity index (χ4n) is 4.93. The molecule has 38 heavy (non-hydrogen) atoms. The third-order valence-corrected chi connectivity index (χ3v) is 7.04. The number of benzene rings is 3. The van der Waals surface area contributed by atoms with Gasteiger partial charge in [0, 0.05) is 37.5 Å². The summed E-state index contributed by atoms with van der Waals surface area (Å²) in [6.07, 6.45) is -1.44. The van der Waals surface area contributed by atoms with E-state index in [-0.39, 0.29) is 18.2 Å². The summed E-state index contributed by atoms with van der Waals surface area (Å²) in [6.45, 7) is 4.50. The van der Waals surface area contributed by atoms with Gasteiger partial charge in [-0.2, -0.15) is 0 Å². The standard InChI is InChI=1S/C31H34ClNO5/c1-22(34)17-28-30(36-20-24-11-5-3-6-12-24)31(37-21-25-13-7-4-8-14-25)29(38-23(2)35)19-33(28)18-26-15-9-10-16-27(26)32/h3-16,28-31H,17-21H2,1-2H3/t28?,29-,30+,31-/m1/s1. The number of nitrogens with zero attached hydrogens (tertiary/aromatic N) is 1. The molecule has 0 N–H and O–H groups in total. The minimum Gasteiger partial charge on any atom is -0.458 e. The summed E-state index contributed by atoms with van der Waals surface area (Å²) in [7, 11) is 0. The van der Waals surface area contributed by atoms with Crippen molar-refractivity contribution < 1.29 is 23.8 Å². The van der Waals surface area contributed by atoms with Gasteiger partial charge in [0.15, 0.2) is 0 Å². The first kappa shape index (κ1) is 28.0. The van der Waals surface area contributed by atoms with Crippen LogP contribution in [-0.4, -0.2) is 47.6 Å². The Labute approximate surface area is 229 Å². The molecule has 1 aliphatic heterocycles. The van der Waals surface area contributed by atoms with Crippen LogP contribution < -0.4 is 0 Å². The molecule has 6 nitrogen and oxygen atoms in total. The molecule has 3 aromatic rings. The van der Waals surface area contributed by atoms with Crippen molar-refractivity contribution in [3.63, 3.8) is 0 Å². The van der Waals surface area contributed by atoms with Gasteiger partial charge in [-0.3, -0.25) is 14.5 Å². The second-order valence-corrected chi connectivity index (χ2v) is 10.1. The fraction of sp³-hybridized carbons (Fsp3) is 0.355. The predicted octanol–water partition coefficient (Wildman–Crippen LogP) is 5.61. The Balaban J connectivity index is 1.68. The van der Waals surface area contributed by atoms with Gasteiger partial charge in [0.25, 0.3) is 0 Å². The highest BCUT2D eigenvalue weighted by Crippen LogP contribution is 2.32. The number of ether oxygens (including phenoxy) is 3. The van der Waals surface area contributed by atoms with E-state index in [9.17, 15) is 9.59 Å². The fourth-order valence-corrected chi connectivity index (χ4v) is 5.13. The van der Waals surface area contributed by atoms with Gasteiger partial charge in [-0.05, 0) is 29.7 Å². The van der Waals surface area contributed by atoms with Crippen molar-refractivity contribution in [1.82, 2.24) is 4.90 Å². The van der Waals surface area contributed by atoms with Crippen LogP contribution in [0.2, 0.25) is 5.02 Å². The molecule has 0 bridgehead atoms. The van der Waals surface area contributed by atoms with Gasteiger partial charge >= 0.3 is 5.97 Å². The average Bonchev–Trinajstić information content (AvgIpc) is 2.90. The molecule has 0 aromatic heterocycles. The number of carbonyl (C=O) groups is 2. The Morgan fingerprint density at radius 3 is 1.92 bits per heavy atom. The number of ketones is 1. The minimum atomic E-state index is -0.595. The SMILES string of the molecule is CC(=O)CC1[C@H](OCc2ccccc2)[C@H](OCc2ccccc2)[C@H](OC(C)=O)CN1Cc1ccccc1Cl. The highest BCUT2D eigenvalue weighted by molar-refractivity contribution is 6.31. The first-order chi connectivity index (χ1) is 18.4. The molecule has 1 heterocycles. The molecule has 0 saturated carbocycles. The number of halogens is 1. The summed E-state index contributed by atoms with van der Waals surface area (Å²) in [6, 6.07) is 27.0. The van der Waals surface area contributed by atoms with Crippen molar-refractivity contribution in [2.24, 2.45) is 0 Å². The van der Waals surface area contributed by atoms with Crippen molar-refractivity contribution in [2.45, 2.75) is 64.4 Å². The first-order valence-electron chi connectivity index (χ1n) is 12.9. The quantitative estimate of drug-likeness (QED) is 0.298. The molecule has 0 amide bonds. The van der Waals surface area contributed by atoms with Gasteiger partial charge in [-0.25, -0.2) is 0 Å². The molecule has 0 radical (unpaired) electrons. The topological polar surface area (TPSA) is 65.1 Å². The maximum atomic E-state index is 12.5. The normalized spacial score (nSPS) is 21.7. The largest absolute Gasteiger partial charge is 0.458 e. The van der Waals surface area contributed by atoms with Crippen LogP contribution in [0.1, 0.15) is 37.0 Å². The summed E-state index contributed by atoms with van der Waals surface area (Å²) >= 11 is 6.51. The number of likely N-dealkylation sites (tertiary alicyclic amines) is 1. The van der Waals surface area contributed by atoms with E-state index >= 15 is 0 Å². The Morgan fingerprint density at radius 1 is 0.816 bits per heavy atom. The smallest absolute Gasteiger partial charge is 0.303 e. The lowest BCUT2D eigenvalue weighted by Crippen LogP contribution is -2.63. The Hall–Kier alpha value is -3.03. The first-order valence-corrected chi connectivity index (χ1v) is 13.2.